The summed E-state index contributed by atoms with van der Waals surface area (Å²) < 4.78 is 5.27. The molecule has 0 radical (unpaired) electrons. The van der Waals surface area contributed by atoms with Crippen molar-refractivity contribution >= 4 is 0 Å². The van der Waals surface area contributed by atoms with Gasteiger partial charge in [0, 0.05) is 13.0 Å². The second-order valence-corrected chi connectivity index (χ2v) is 4.72. The van der Waals surface area contributed by atoms with E-state index < -0.39 is 0 Å². The Morgan fingerprint density at radius 3 is 2.62 bits per heavy atom. The third-order valence-electron chi connectivity index (χ3n) is 2.40. The van der Waals surface area contributed by atoms with Crippen molar-refractivity contribution in [3.63, 3.8) is 0 Å². The zero-order chi connectivity index (χ0) is 12.2. The molecule has 0 saturated carbocycles. The lowest BCUT2D eigenvalue weighted by Crippen LogP contribution is -2.36. The Hall–Kier alpha value is -0.940. The quantitative estimate of drug-likeness (QED) is 0.785. The van der Waals surface area contributed by atoms with Gasteiger partial charge in [0.05, 0.1) is 5.54 Å². The maximum atomic E-state index is 5.27. The fourth-order valence-electron chi connectivity index (χ4n) is 1.45. The highest BCUT2D eigenvalue weighted by Gasteiger charge is 2.26. The van der Waals surface area contributed by atoms with Crippen molar-refractivity contribution in [3.05, 3.63) is 11.7 Å². The number of aromatic nitrogens is 2. The Bertz CT molecular complexity index is 320. The molecule has 92 valence electrons. The van der Waals surface area contributed by atoms with Gasteiger partial charge in [0.1, 0.15) is 0 Å². The van der Waals surface area contributed by atoms with Gasteiger partial charge in [0.2, 0.25) is 5.89 Å². The van der Waals surface area contributed by atoms with Crippen LogP contribution in [0.3, 0.4) is 0 Å². The molecular weight excluding hydrogens is 204 g/mol. The van der Waals surface area contributed by atoms with E-state index in [1.165, 1.54) is 0 Å². The second kappa shape index (κ2) is 5.41. The molecule has 0 unspecified atom stereocenters. The number of likely N-dealkylation sites (N-methyl/N-ethyl adjacent to an activating group) is 1. The van der Waals surface area contributed by atoms with Gasteiger partial charge >= 0.3 is 0 Å². The normalized spacial score (nSPS) is 12.4. The van der Waals surface area contributed by atoms with E-state index in [1.54, 1.807) is 0 Å². The Morgan fingerprint density at radius 2 is 2.06 bits per heavy atom. The Kier molecular flexibility index (Phi) is 4.44. The van der Waals surface area contributed by atoms with Crippen molar-refractivity contribution in [2.75, 3.05) is 27.2 Å². The molecule has 1 rings (SSSR count). The average Bonchev–Trinajstić information content (AvgIpc) is 2.63. The number of hydrogen-bond acceptors (Lipinski definition) is 5. The van der Waals surface area contributed by atoms with E-state index in [-0.39, 0.29) is 5.54 Å². The molecule has 1 aromatic heterocycles. The fourth-order valence-corrected chi connectivity index (χ4v) is 1.45. The third-order valence-corrected chi connectivity index (χ3v) is 2.40. The van der Waals surface area contributed by atoms with Gasteiger partial charge in [-0.05, 0) is 34.5 Å². The van der Waals surface area contributed by atoms with Gasteiger partial charge in [-0.15, -0.1) is 0 Å². The molecule has 0 aromatic carbocycles. The molecule has 0 spiro atoms. The monoisotopic (exact) mass is 226 g/mol. The molecule has 5 nitrogen and oxygen atoms in total. The summed E-state index contributed by atoms with van der Waals surface area (Å²) in [5, 5.41) is 7.29. The number of hydrogen-bond donors (Lipinski definition) is 1. The predicted molar refractivity (Wildman–Crippen MR) is 63.3 cm³/mol. The highest BCUT2D eigenvalue weighted by molar-refractivity contribution is 4.99. The van der Waals surface area contributed by atoms with Gasteiger partial charge in [-0.1, -0.05) is 12.1 Å². The minimum absolute atomic E-state index is 0.252. The first-order valence-corrected chi connectivity index (χ1v) is 5.68. The molecular formula is C11H22N4O. The van der Waals surface area contributed by atoms with Crippen LogP contribution in [0.5, 0.6) is 0 Å². The second-order valence-electron chi connectivity index (χ2n) is 4.72. The van der Waals surface area contributed by atoms with E-state index in [0.29, 0.717) is 5.89 Å². The molecule has 0 atom stereocenters. The SMILES string of the molecule is CCNC(C)(C)c1nc(CCN(C)C)no1. The van der Waals surface area contributed by atoms with E-state index in [1.807, 2.05) is 27.9 Å². The summed E-state index contributed by atoms with van der Waals surface area (Å²) in [4.78, 5) is 6.51. The van der Waals surface area contributed by atoms with E-state index in [0.717, 1.165) is 25.3 Å². The van der Waals surface area contributed by atoms with Crippen LogP contribution in [0.1, 0.15) is 32.5 Å². The lowest BCUT2D eigenvalue weighted by Gasteiger charge is -2.20. The Labute approximate surface area is 97.2 Å². The highest BCUT2D eigenvalue weighted by Crippen LogP contribution is 2.17. The molecule has 16 heavy (non-hydrogen) atoms. The minimum Gasteiger partial charge on any atom is -0.337 e. The first-order valence-electron chi connectivity index (χ1n) is 5.68. The predicted octanol–water partition coefficient (Wildman–Crippen LogP) is 1.02. The molecule has 0 amide bonds. The van der Waals surface area contributed by atoms with Crippen molar-refractivity contribution < 1.29 is 4.52 Å². The van der Waals surface area contributed by atoms with E-state index in [2.05, 4.69) is 27.3 Å². The Morgan fingerprint density at radius 1 is 1.38 bits per heavy atom. The molecule has 0 aliphatic rings. The van der Waals surface area contributed by atoms with Gasteiger partial charge < -0.3 is 14.7 Å². The summed E-state index contributed by atoms with van der Waals surface area (Å²) >= 11 is 0. The summed E-state index contributed by atoms with van der Waals surface area (Å²) in [7, 11) is 4.06. The lowest BCUT2D eigenvalue weighted by atomic mass is 10.1. The van der Waals surface area contributed by atoms with E-state index >= 15 is 0 Å². The lowest BCUT2D eigenvalue weighted by molar-refractivity contribution is 0.270. The average molecular weight is 226 g/mol. The van der Waals surface area contributed by atoms with Crippen molar-refractivity contribution in [3.8, 4) is 0 Å². The Balaban J connectivity index is 2.63. The van der Waals surface area contributed by atoms with E-state index in [4.69, 9.17) is 4.52 Å². The van der Waals surface area contributed by atoms with Crippen LogP contribution < -0.4 is 5.32 Å². The topological polar surface area (TPSA) is 54.2 Å². The van der Waals surface area contributed by atoms with Gasteiger partial charge in [0.15, 0.2) is 5.82 Å². The molecule has 5 heteroatoms. The maximum Gasteiger partial charge on any atom is 0.246 e. The standard InChI is InChI=1S/C11H22N4O/c1-6-12-11(2,3)10-13-9(14-16-10)7-8-15(4)5/h12H,6-8H2,1-5H3. The first-order chi connectivity index (χ1) is 7.45. The number of nitrogens with one attached hydrogen (secondary N) is 1. The zero-order valence-electron chi connectivity index (χ0n) is 10.9. The van der Waals surface area contributed by atoms with Gasteiger partial charge in [-0.2, -0.15) is 4.98 Å². The molecule has 1 N–H and O–H groups in total. The van der Waals surface area contributed by atoms with Crippen molar-refractivity contribution in [2.24, 2.45) is 0 Å². The van der Waals surface area contributed by atoms with Crippen molar-refractivity contribution in [1.29, 1.82) is 0 Å². The summed E-state index contributed by atoms with van der Waals surface area (Å²) in [6.45, 7) is 7.95. The van der Waals surface area contributed by atoms with Gasteiger partial charge in [-0.3, -0.25) is 0 Å². The molecule has 1 heterocycles. The zero-order valence-corrected chi connectivity index (χ0v) is 10.9. The molecule has 0 aliphatic heterocycles. The fraction of sp³-hybridized carbons (Fsp3) is 0.818. The van der Waals surface area contributed by atoms with Crippen molar-refractivity contribution in [2.45, 2.75) is 32.7 Å². The van der Waals surface area contributed by atoms with Crippen LogP contribution in [0.2, 0.25) is 0 Å². The summed E-state index contributed by atoms with van der Waals surface area (Å²) in [5.74, 6) is 1.43. The summed E-state index contributed by atoms with van der Waals surface area (Å²) in [5.41, 5.74) is -0.252. The number of rotatable bonds is 6. The molecule has 0 saturated heterocycles. The van der Waals surface area contributed by atoms with Gasteiger partial charge in [-0.25, -0.2) is 0 Å². The van der Waals surface area contributed by atoms with Crippen LogP contribution in [0.15, 0.2) is 4.52 Å². The minimum atomic E-state index is -0.252. The molecule has 1 aromatic rings. The van der Waals surface area contributed by atoms with Crippen LogP contribution in [0.4, 0.5) is 0 Å². The van der Waals surface area contributed by atoms with Gasteiger partial charge in [0.25, 0.3) is 0 Å². The van der Waals surface area contributed by atoms with E-state index in [9.17, 15) is 0 Å². The van der Waals surface area contributed by atoms with Crippen LogP contribution in [0, 0.1) is 0 Å². The highest BCUT2D eigenvalue weighted by atomic mass is 16.5. The first kappa shape index (κ1) is 13.1. The molecule has 0 fully saturated rings. The van der Waals surface area contributed by atoms with Crippen LogP contribution in [0.25, 0.3) is 0 Å². The third kappa shape index (κ3) is 3.57. The summed E-state index contributed by atoms with van der Waals surface area (Å²) in [6.07, 6.45) is 0.818. The maximum absolute atomic E-state index is 5.27. The van der Waals surface area contributed by atoms with Crippen LogP contribution in [-0.4, -0.2) is 42.2 Å². The smallest absolute Gasteiger partial charge is 0.246 e. The van der Waals surface area contributed by atoms with Crippen LogP contribution in [-0.2, 0) is 12.0 Å². The summed E-state index contributed by atoms with van der Waals surface area (Å²) in [6, 6.07) is 0. The molecule has 0 aliphatic carbocycles. The largest absolute Gasteiger partial charge is 0.337 e. The van der Waals surface area contributed by atoms with Crippen LogP contribution >= 0.6 is 0 Å². The molecule has 0 bridgehead atoms. The van der Waals surface area contributed by atoms with Crippen molar-refractivity contribution in [1.82, 2.24) is 20.4 Å². The number of nitrogens with zero attached hydrogens (tertiary/aromatic N) is 3.